The van der Waals surface area contributed by atoms with Crippen molar-refractivity contribution in [3.05, 3.63) is 46.7 Å². The van der Waals surface area contributed by atoms with Crippen molar-refractivity contribution in [1.29, 1.82) is 0 Å². The quantitative estimate of drug-likeness (QED) is 0.448. The van der Waals surface area contributed by atoms with E-state index in [2.05, 4.69) is 30.9 Å². The van der Waals surface area contributed by atoms with Crippen LogP contribution in [0.5, 0.6) is 5.75 Å². The van der Waals surface area contributed by atoms with Crippen molar-refractivity contribution in [3.63, 3.8) is 0 Å². The SMILES string of the molecule is CCc1c(Cl)nc(N)nc1N1CCOc2ccc(-c3cnc4sc(N)nc4c3)cc2C1. The first-order valence-electron chi connectivity index (χ1n) is 9.87. The molecule has 0 unspecified atom stereocenters. The fourth-order valence-electron chi connectivity index (χ4n) is 3.78. The Hall–Kier alpha value is -3.17. The number of nitrogens with two attached hydrogens (primary N) is 2. The van der Waals surface area contributed by atoms with Crippen LogP contribution in [0.2, 0.25) is 5.15 Å². The van der Waals surface area contributed by atoms with E-state index in [9.17, 15) is 0 Å². The maximum atomic E-state index is 6.34. The lowest BCUT2D eigenvalue weighted by molar-refractivity contribution is 0.331. The predicted octanol–water partition coefficient (Wildman–Crippen LogP) is 3.93. The highest BCUT2D eigenvalue weighted by molar-refractivity contribution is 7.21. The van der Waals surface area contributed by atoms with Gasteiger partial charge in [0.1, 0.15) is 33.7 Å². The molecule has 0 saturated carbocycles. The van der Waals surface area contributed by atoms with Crippen molar-refractivity contribution in [1.82, 2.24) is 19.9 Å². The summed E-state index contributed by atoms with van der Waals surface area (Å²) in [5.41, 5.74) is 16.4. The number of anilines is 3. The number of ether oxygens (including phenoxy) is 1. The molecular weight excluding hydrogens is 434 g/mol. The Balaban J connectivity index is 1.53. The van der Waals surface area contributed by atoms with E-state index in [1.807, 2.05) is 31.3 Å². The standard InChI is InChI=1S/C21H20ClN7OS/c1-2-14-17(22)27-20(23)28-18(14)29-5-6-30-16-4-3-11(7-13(16)10-29)12-8-15-19(25-9-12)31-21(24)26-15/h3-4,7-9H,2,5-6,10H2,1H3,(H2,24,26)(H2,23,27,28). The van der Waals surface area contributed by atoms with Gasteiger partial charge in [-0.15, -0.1) is 0 Å². The number of hydrogen-bond donors (Lipinski definition) is 2. The predicted molar refractivity (Wildman–Crippen MR) is 125 cm³/mol. The molecule has 0 aliphatic carbocycles. The Bertz CT molecular complexity index is 1290. The number of aromatic nitrogens is 4. The van der Waals surface area contributed by atoms with Crippen LogP contribution in [-0.4, -0.2) is 33.1 Å². The molecule has 4 heterocycles. The molecule has 0 fully saturated rings. The molecule has 0 saturated heterocycles. The second-order valence-corrected chi connectivity index (χ2v) is 8.59. The van der Waals surface area contributed by atoms with Crippen molar-refractivity contribution in [2.45, 2.75) is 19.9 Å². The van der Waals surface area contributed by atoms with Crippen molar-refractivity contribution in [2.75, 3.05) is 29.5 Å². The molecule has 10 heteroatoms. The van der Waals surface area contributed by atoms with Gasteiger partial charge in [-0.2, -0.15) is 4.98 Å². The summed E-state index contributed by atoms with van der Waals surface area (Å²) in [5, 5.41) is 0.909. The molecule has 1 aliphatic heterocycles. The Kier molecular flexibility index (Phi) is 4.99. The highest BCUT2D eigenvalue weighted by Gasteiger charge is 2.22. The van der Waals surface area contributed by atoms with Crippen LogP contribution >= 0.6 is 22.9 Å². The third-order valence-electron chi connectivity index (χ3n) is 5.24. The molecule has 0 atom stereocenters. The molecule has 0 radical (unpaired) electrons. The number of pyridine rings is 1. The average Bonchev–Trinajstić information content (AvgIpc) is 2.98. The number of nitrogens with zero attached hydrogens (tertiary/aromatic N) is 5. The van der Waals surface area contributed by atoms with Crippen LogP contribution < -0.4 is 21.1 Å². The Labute approximate surface area is 187 Å². The van der Waals surface area contributed by atoms with Crippen molar-refractivity contribution in [2.24, 2.45) is 0 Å². The molecule has 158 valence electrons. The van der Waals surface area contributed by atoms with Crippen LogP contribution in [0, 0.1) is 0 Å². The third-order valence-corrected chi connectivity index (χ3v) is 6.36. The monoisotopic (exact) mass is 453 g/mol. The van der Waals surface area contributed by atoms with Crippen LogP contribution in [0.25, 0.3) is 21.5 Å². The lowest BCUT2D eigenvalue weighted by atomic mass is 10.0. The number of thiazole rings is 1. The van der Waals surface area contributed by atoms with Gasteiger partial charge in [0.05, 0.1) is 6.54 Å². The zero-order chi connectivity index (χ0) is 21.5. The van der Waals surface area contributed by atoms with Crippen LogP contribution in [0.4, 0.5) is 16.9 Å². The Morgan fingerprint density at radius 1 is 1.16 bits per heavy atom. The van der Waals surface area contributed by atoms with Gasteiger partial charge >= 0.3 is 0 Å². The van der Waals surface area contributed by atoms with Gasteiger partial charge in [-0.3, -0.25) is 0 Å². The van der Waals surface area contributed by atoms with Gasteiger partial charge in [-0.1, -0.05) is 35.9 Å². The van der Waals surface area contributed by atoms with Gasteiger partial charge in [0.25, 0.3) is 0 Å². The van der Waals surface area contributed by atoms with Crippen LogP contribution in [0.3, 0.4) is 0 Å². The molecule has 1 aliphatic rings. The molecule has 0 amide bonds. The highest BCUT2D eigenvalue weighted by Crippen LogP contribution is 2.34. The normalized spacial score (nSPS) is 13.7. The van der Waals surface area contributed by atoms with Crippen molar-refractivity contribution >= 4 is 50.2 Å². The van der Waals surface area contributed by atoms with E-state index in [1.54, 1.807) is 0 Å². The third kappa shape index (κ3) is 3.70. The van der Waals surface area contributed by atoms with E-state index < -0.39 is 0 Å². The van der Waals surface area contributed by atoms with Crippen molar-refractivity contribution < 1.29 is 4.74 Å². The van der Waals surface area contributed by atoms with E-state index >= 15 is 0 Å². The van der Waals surface area contributed by atoms with Gasteiger partial charge in [-0.05, 0) is 30.2 Å². The first-order chi connectivity index (χ1) is 15.0. The zero-order valence-electron chi connectivity index (χ0n) is 16.8. The second kappa shape index (κ2) is 7.82. The minimum atomic E-state index is 0.165. The number of fused-ring (bicyclic) bond motifs is 2. The van der Waals surface area contributed by atoms with Crippen molar-refractivity contribution in [3.8, 4) is 16.9 Å². The molecule has 4 N–H and O–H groups in total. The molecule has 5 rings (SSSR count). The highest BCUT2D eigenvalue weighted by atomic mass is 35.5. The van der Waals surface area contributed by atoms with Gasteiger partial charge < -0.3 is 21.1 Å². The number of hydrogen-bond acceptors (Lipinski definition) is 9. The van der Waals surface area contributed by atoms with E-state index in [0.29, 0.717) is 36.4 Å². The minimum absolute atomic E-state index is 0.165. The number of rotatable bonds is 3. The lowest BCUT2D eigenvalue weighted by Gasteiger charge is -2.24. The van der Waals surface area contributed by atoms with E-state index in [4.69, 9.17) is 27.8 Å². The molecule has 31 heavy (non-hydrogen) atoms. The zero-order valence-corrected chi connectivity index (χ0v) is 18.4. The fraction of sp³-hybridized carbons (Fsp3) is 0.238. The number of benzene rings is 1. The van der Waals surface area contributed by atoms with Gasteiger partial charge in [0.2, 0.25) is 5.95 Å². The topological polar surface area (TPSA) is 116 Å². The van der Waals surface area contributed by atoms with Crippen LogP contribution in [0.1, 0.15) is 18.1 Å². The summed E-state index contributed by atoms with van der Waals surface area (Å²) in [6, 6.07) is 8.15. The molecule has 8 nitrogen and oxygen atoms in total. The van der Waals surface area contributed by atoms with Crippen LogP contribution in [0.15, 0.2) is 30.5 Å². The summed E-state index contributed by atoms with van der Waals surface area (Å²) in [7, 11) is 0. The smallest absolute Gasteiger partial charge is 0.223 e. The lowest BCUT2D eigenvalue weighted by Crippen LogP contribution is -2.28. The summed E-state index contributed by atoms with van der Waals surface area (Å²) in [6.07, 6.45) is 2.55. The van der Waals surface area contributed by atoms with E-state index in [1.165, 1.54) is 11.3 Å². The maximum Gasteiger partial charge on any atom is 0.223 e. The number of halogens is 1. The van der Waals surface area contributed by atoms with E-state index in [-0.39, 0.29) is 5.95 Å². The molecule has 1 aromatic carbocycles. The molecular formula is C21H20ClN7OS. The first-order valence-corrected chi connectivity index (χ1v) is 11.1. The first kappa shape index (κ1) is 19.8. The van der Waals surface area contributed by atoms with Crippen LogP contribution in [-0.2, 0) is 13.0 Å². The Morgan fingerprint density at radius 2 is 2.03 bits per heavy atom. The van der Waals surface area contributed by atoms with Gasteiger partial charge in [0, 0.05) is 29.4 Å². The van der Waals surface area contributed by atoms with Gasteiger partial charge in [-0.25, -0.2) is 15.0 Å². The molecule has 4 aromatic rings. The number of nitrogen functional groups attached to an aromatic ring is 2. The average molecular weight is 454 g/mol. The maximum absolute atomic E-state index is 6.34. The summed E-state index contributed by atoms with van der Waals surface area (Å²) < 4.78 is 6.01. The minimum Gasteiger partial charge on any atom is -0.491 e. The van der Waals surface area contributed by atoms with Gasteiger partial charge in [0.15, 0.2) is 5.13 Å². The largest absolute Gasteiger partial charge is 0.491 e. The summed E-state index contributed by atoms with van der Waals surface area (Å²) in [4.78, 5) is 20.4. The molecule has 0 spiro atoms. The molecule has 0 bridgehead atoms. The fourth-order valence-corrected chi connectivity index (χ4v) is 4.74. The van der Waals surface area contributed by atoms with E-state index in [0.717, 1.165) is 44.2 Å². The molecule has 3 aromatic heterocycles. The summed E-state index contributed by atoms with van der Waals surface area (Å²) in [5.74, 6) is 1.77. The summed E-state index contributed by atoms with van der Waals surface area (Å²) in [6.45, 7) is 3.83. The summed E-state index contributed by atoms with van der Waals surface area (Å²) >= 11 is 7.72. The second-order valence-electron chi connectivity index (χ2n) is 7.22. The Morgan fingerprint density at radius 3 is 2.87 bits per heavy atom.